The molecule has 2 fully saturated rings. The molecule has 1 aliphatic heterocycles. The van der Waals surface area contributed by atoms with E-state index in [1.165, 1.54) is 23.3 Å². The number of urea groups is 1. The summed E-state index contributed by atoms with van der Waals surface area (Å²) in [6.07, 6.45) is 8.19. The second kappa shape index (κ2) is 9.78. The molecule has 6 nitrogen and oxygen atoms in total. The molecule has 1 saturated heterocycles. The molecule has 192 valence electrons. The Morgan fingerprint density at radius 3 is 2.68 bits per heavy atom. The van der Waals surface area contributed by atoms with Crippen LogP contribution in [0.3, 0.4) is 0 Å². The van der Waals surface area contributed by atoms with Crippen LogP contribution >= 0.6 is 0 Å². The molecule has 1 saturated carbocycles. The predicted molar refractivity (Wildman–Crippen MR) is 141 cm³/mol. The van der Waals surface area contributed by atoms with Crippen molar-refractivity contribution in [3.05, 3.63) is 89.0 Å². The largest absolute Gasteiger partial charge is 0.378 e. The number of hydrogen-bond acceptors (Lipinski definition) is 3. The van der Waals surface area contributed by atoms with Crippen LogP contribution in [0.5, 0.6) is 0 Å². The van der Waals surface area contributed by atoms with E-state index in [0.717, 1.165) is 42.6 Å². The third kappa shape index (κ3) is 4.57. The summed E-state index contributed by atoms with van der Waals surface area (Å²) in [6, 6.07) is 16.8. The minimum absolute atomic E-state index is 0.0115. The van der Waals surface area contributed by atoms with Gasteiger partial charge in [0.05, 0.1) is 36.8 Å². The van der Waals surface area contributed by atoms with Crippen LogP contribution in [0.1, 0.15) is 49.0 Å². The summed E-state index contributed by atoms with van der Waals surface area (Å²) in [4.78, 5) is 15.0. The maximum Gasteiger partial charge on any atom is 0.318 e. The summed E-state index contributed by atoms with van der Waals surface area (Å²) >= 11 is 0. The lowest BCUT2D eigenvalue weighted by Crippen LogP contribution is -2.47. The number of fused-ring (bicyclic) bond motifs is 2. The van der Waals surface area contributed by atoms with Gasteiger partial charge in [0.1, 0.15) is 5.82 Å². The van der Waals surface area contributed by atoms with Crippen LogP contribution in [0.2, 0.25) is 0 Å². The number of ether oxygens (including phenoxy) is 1. The van der Waals surface area contributed by atoms with Crippen molar-refractivity contribution in [2.24, 2.45) is 11.3 Å². The third-order valence-corrected chi connectivity index (χ3v) is 8.54. The number of aromatic nitrogens is 2. The first kappa shape index (κ1) is 23.9. The molecule has 3 aliphatic rings. The number of nitrogens with one attached hydrogen (secondary N) is 1. The van der Waals surface area contributed by atoms with Crippen molar-refractivity contribution in [1.82, 2.24) is 20.0 Å². The van der Waals surface area contributed by atoms with Crippen LogP contribution in [0.15, 0.2) is 66.4 Å². The Morgan fingerprint density at radius 1 is 1.16 bits per heavy atom. The van der Waals surface area contributed by atoms with Gasteiger partial charge >= 0.3 is 6.03 Å². The second-order valence-corrected chi connectivity index (χ2v) is 10.7. The Bertz CT molecular complexity index is 1300. The quantitative estimate of drug-likeness (QED) is 0.500. The van der Waals surface area contributed by atoms with Gasteiger partial charge in [0.25, 0.3) is 0 Å². The maximum absolute atomic E-state index is 13.5. The number of carbonyl (C=O) groups is 1. The molecule has 2 aliphatic carbocycles. The van der Waals surface area contributed by atoms with Crippen molar-refractivity contribution in [3.8, 4) is 5.69 Å². The van der Waals surface area contributed by atoms with E-state index in [0.29, 0.717) is 32.2 Å². The fraction of sp³-hybridized carbons (Fsp3) is 0.400. The van der Waals surface area contributed by atoms with E-state index in [9.17, 15) is 9.18 Å². The van der Waals surface area contributed by atoms with Gasteiger partial charge in [-0.15, -0.1) is 0 Å². The topological polar surface area (TPSA) is 59.4 Å². The van der Waals surface area contributed by atoms with E-state index in [4.69, 9.17) is 4.74 Å². The fourth-order valence-corrected chi connectivity index (χ4v) is 6.35. The van der Waals surface area contributed by atoms with E-state index in [-0.39, 0.29) is 23.3 Å². The molecule has 1 N–H and O–H groups in total. The van der Waals surface area contributed by atoms with E-state index in [2.05, 4.69) is 35.5 Å². The minimum Gasteiger partial charge on any atom is -0.378 e. The van der Waals surface area contributed by atoms with Crippen LogP contribution in [-0.2, 0) is 11.2 Å². The van der Waals surface area contributed by atoms with Gasteiger partial charge in [-0.1, -0.05) is 42.8 Å². The molecule has 3 atom stereocenters. The van der Waals surface area contributed by atoms with Gasteiger partial charge in [-0.2, -0.15) is 5.10 Å². The summed E-state index contributed by atoms with van der Waals surface area (Å²) < 4.78 is 20.8. The lowest BCUT2D eigenvalue weighted by atomic mass is 9.68. The highest BCUT2D eigenvalue weighted by Gasteiger charge is 2.46. The van der Waals surface area contributed by atoms with Crippen molar-refractivity contribution >= 4 is 12.1 Å². The number of allylic oxidation sites excluding steroid dienone is 1. The minimum atomic E-state index is -0.247. The highest BCUT2D eigenvalue weighted by molar-refractivity contribution is 5.75. The van der Waals surface area contributed by atoms with E-state index < -0.39 is 0 Å². The van der Waals surface area contributed by atoms with Crippen LogP contribution in [0, 0.1) is 17.2 Å². The molecular formula is C30H33FN4O2. The van der Waals surface area contributed by atoms with Gasteiger partial charge in [0, 0.05) is 13.1 Å². The standard InChI is InChI=1S/C30H33FN4O2/c1-30-19-22-20-32-35(26-11-9-25(31)10-12-26)28(22)18-24(30)8-7-23(30)17-27(21-5-3-2-4-6-21)33-29(36)34-13-15-37-16-14-34/h2-6,9-12,18,20,23,27H,7-8,13-17,19H2,1H3,(H,33,36)/t23-,27?,30-/m1/s1. The van der Waals surface area contributed by atoms with Crippen molar-refractivity contribution < 1.29 is 13.9 Å². The lowest BCUT2D eigenvalue weighted by Gasteiger charge is -2.38. The van der Waals surface area contributed by atoms with Crippen molar-refractivity contribution in [3.63, 3.8) is 0 Å². The Labute approximate surface area is 217 Å². The number of carbonyl (C=O) groups excluding carboxylic acids is 1. The highest BCUT2D eigenvalue weighted by Crippen LogP contribution is 2.55. The molecule has 2 amide bonds. The Balaban J connectivity index is 1.25. The molecule has 1 aromatic heterocycles. The summed E-state index contributed by atoms with van der Waals surface area (Å²) in [5.41, 5.74) is 5.79. The Hall–Kier alpha value is -3.45. The lowest BCUT2D eigenvalue weighted by molar-refractivity contribution is 0.0520. The van der Waals surface area contributed by atoms with Crippen LogP contribution in [0.25, 0.3) is 11.8 Å². The van der Waals surface area contributed by atoms with Crippen molar-refractivity contribution in [2.45, 2.75) is 38.6 Å². The summed E-state index contributed by atoms with van der Waals surface area (Å²) in [7, 11) is 0. The zero-order valence-corrected chi connectivity index (χ0v) is 21.2. The molecule has 1 unspecified atom stereocenters. The Morgan fingerprint density at radius 2 is 1.92 bits per heavy atom. The van der Waals surface area contributed by atoms with Gasteiger partial charge in [0.15, 0.2) is 0 Å². The molecule has 3 aromatic rings. The van der Waals surface area contributed by atoms with Gasteiger partial charge in [0.2, 0.25) is 0 Å². The molecule has 37 heavy (non-hydrogen) atoms. The summed E-state index contributed by atoms with van der Waals surface area (Å²) in [6.45, 7) is 4.81. The number of hydrogen-bond donors (Lipinski definition) is 1. The third-order valence-electron chi connectivity index (χ3n) is 8.54. The van der Waals surface area contributed by atoms with Gasteiger partial charge in [-0.05, 0) is 78.5 Å². The van der Waals surface area contributed by atoms with Gasteiger partial charge < -0.3 is 15.0 Å². The average Bonchev–Trinajstić information content (AvgIpc) is 3.47. The molecule has 2 heterocycles. The number of benzene rings is 2. The summed E-state index contributed by atoms with van der Waals surface area (Å²) in [5, 5.41) is 8.01. The zero-order chi connectivity index (χ0) is 25.4. The number of rotatable bonds is 5. The van der Waals surface area contributed by atoms with Gasteiger partial charge in [-0.25, -0.2) is 13.9 Å². The maximum atomic E-state index is 13.5. The normalized spacial score (nSPS) is 23.7. The first-order valence-corrected chi connectivity index (χ1v) is 13.2. The number of morpholine rings is 1. The number of amides is 2. The highest BCUT2D eigenvalue weighted by atomic mass is 19.1. The van der Waals surface area contributed by atoms with E-state index >= 15 is 0 Å². The van der Waals surface area contributed by atoms with E-state index in [1.54, 1.807) is 12.1 Å². The van der Waals surface area contributed by atoms with Crippen LogP contribution in [-0.4, -0.2) is 47.0 Å². The molecule has 0 radical (unpaired) electrons. The number of nitrogens with zero attached hydrogens (tertiary/aromatic N) is 3. The van der Waals surface area contributed by atoms with Crippen LogP contribution in [0.4, 0.5) is 9.18 Å². The zero-order valence-electron chi connectivity index (χ0n) is 21.2. The monoisotopic (exact) mass is 500 g/mol. The average molecular weight is 501 g/mol. The first-order valence-electron chi connectivity index (χ1n) is 13.2. The molecular weight excluding hydrogens is 467 g/mol. The first-order chi connectivity index (χ1) is 18.0. The SMILES string of the molecule is C[C@]12Cc3cnn(-c4ccc(F)cc4)c3C=C1CC[C@@H]2CC(NC(=O)N1CCOCC1)c1ccccc1. The molecule has 6 rings (SSSR count). The molecule has 0 spiro atoms. The van der Waals surface area contributed by atoms with Crippen molar-refractivity contribution in [2.75, 3.05) is 26.3 Å². The molecule has 2 aromatic carbocycles. The molecule has 0 bridgehead atoms. The van der Waals surface area contributed by atoms with E-state index in [1.807, 2.05) is 34.0 Å². The predicted octanol–water partition coefficient (Wildman–Crippen LogP) is 5.54. The summed E-state index contributed by atoms with van der Waals surface area (Å²) in [5.74, 6) is 0.180. The second-order valence-electron chi connectivity index (χ2n) is 10.7. The number of halogens is 1. The fourth-order valence-electron chi connectivity index (χ4n) is 6.35. The van der Waals surface area contributed by atoms with Crippen molar-refractivity contribution in [1.29, 1.82) is 0 Å². The smallest absolute Gasteiger partial charge is 0.318 e. The molecule has 7 heteroatoms. The van der Waals surface area contributed by atoms with Crippen LogP contribution < -0.4 is 5.32 Å². The van der Waals surface area contributed by atoms with Gasteiger partial charge in [-0.3, -0.25) is 0 Å². The Kier molecular flexibility index (Phi) is 6.32.